The number of aromatic nitrogens is 2. The van der Waals surface area contributed by atoms with E-state index in [4.69, 9.17) is 4.98 Å². The molecule has 34 heavy (non-hydrogen) atoms. The van der Waals surface area contributed by atoms with E-state index in [-0.39, 0.29) is 10.8 Å². The van der Waals surface area contributed by atoms with Crippen molar-refractivity contribution in [2.75, 3.05) is 17.8 Å². The van der Waals surface area contributed by atoms with Gasteiger partial charge in [0.1, 0.15) is 5.82 Å². The number of amides is 1. The Bertz CT molecular complexity index is 1450. The fourth-order valence-corrected chi connectivity index (χ4v) is 5.13. The van der Waals surface area contributed by atoms with Crippen molar-refractivity contribution < 1.29 is 13.2 Å². The maximum absolute atomic E-state index is 12.8. The zero-order valence-corrected chi connectivity index (χ0v) is 20.6. The molecule has 1 heterocycles. The van der Waals surface area contributed by atoms with Crippen LogP contribution in [-0.2, 0) is 17.1 Å². The van der Waals surface area contributed by atoms with Crippen LogP contribution < -0.4 is 4.72 Å². The molecule has 1 N–H and O–H groups in total. The molecule has 8 heteroatoms. The van der Waals surface area contributed by atoms with Crippen molar-refractivity contribution in [1.82, 2.24) is 14.5 Å². The lowest BCUT2D eigenvalue weighted by Gasteiger charge is -2.18. The molecule has 0 radical (unpaired) electrons. The summed E-state index contributed by atoms with van der Waals surface area (Å²) in [5.74, 6) is 0.739. The number of fused-ring (bicyclic) bond motifs is 1. The molecule has 0 aliphatic carbocycles. The molecule has 7 nitrogen and oxygen atoms in total. The second-order valence-electron chi connectivity index (χ2n) is 8.17. The van der Waals surface area contributed by atoms with Crippen molar-refractivity contribution in [2.45, 2.75) is 25.7 Å². The highest BCUT2D eigenvalue weighted by Crippen LogP contribution is 2.27. The number of nitrogens with zero attached hydrogens (tertiary/aromatic N) is 3. The van der Waals surface area contributed by atoms with E-state index < -0.39 is 10.0 Å². The maximum atomic E-state index is 12.8. The topological polar surface area (TPSA) is 84.3 Å². The highest BCUT2D eigenvalue weighted by atomic mass is 32.2. The average Bonchev–Trinajstić information content (AvgIpc) is 3.15. The van der Waals surface area contributed by atoms with Crippen LogP contribution in [-0.4, -0.2) is 41.9 Å². The van der Waals surface area contributed by atoms with Crippen LogP contribution in [0, 0.1) is 6.92 Å². The molecule has 0 atom stereocenters. The minimum atomic E-state index is -3.70. The van der Waals surface area contributed by atoms with Crippen molar-refractivity contribution in [3.63, 3.8) is 0 Å². The van der Waals surface area contributed by atoms with Crippen molar-refractivity contribution >= 4 is 32.7 Å². The highest BCUT2D eigenvalue weighted by molar-refractivity contribution is 7.92. The Labute approximate surface area is 200 Å². The normalized spacial score (nSPS) is 11.5. The predicted octanol–water partition coefficient (Wildman–Crippen LogP) is 4.83. The number of hydrogen-bond acceptors (Lipinski definition) is 4. The summed E-state index contributed by atoms with van der Waals surface area (Å²) in [5.41, 5.74) is 4.37. The number of benzene rings is 3. The van der Waals surface area contributed by atoms with Gasteiger partial charge in [-0.2, -0.15) is 0 Å². The van der Waals surface area contributed by atoms with Gasteiger partial charge in [0, 0.05) is 31.3 Å². The van der Waals surface area contributed by atoms with E-state index in [0.717, 1.165) is 22.5 Å². The zero-order valence-electron chi connectivity index (χ0n) is 19.7. The van der Waals surface area contributed by atoms with E-state index in [1.807, 2.05) is 68.8 Å². The second-order valence-corrected chi connectivity index (χ2v) is 9.86. The summed E-state index contributed by atoms with van der Waals surface area (Å²) in [5, 5.41) is 0. The standard InChI is InChI=1S/C26H28N4O3S/c1-5-30(6-2)26(31)20-12-10-19(11-13-20)25-27-23-17-21(14-15-24(23)29(25)4)28-34(32,33)22-9-7-8-18(3)16-22/h7-17,28H,5-6H2,1-4H3. The number of carbonyl (C=O) groups is 1. The van der Waals surface area contributed by atoms with Gasteiger partial charge in [-0.25, -0.2) is 13.4 Å². The molecule has 0 bridgehead atoms. The molecule has 0 fully saturated rings. The van der Waals surface area contributed by atoms with Crippen molar-refractivity contribution in [2.24, 2.45) is 7.05 Å². The first-order chi connectivity index (χ1) is 16.2. The van der Waals surface area contributed by atoms with Gasteiger partial charge in [0.25, 0.3) is 15.9 Å². The molecule has 3 aromatic carbocycles. The average molecular weight is 477 g/mol. The van der Waals surface area contributed by atoms with E-state index in [0.29, 0.717) is 29.9 Å². The highest BCUT2D eigenvalue weighted by Gasteiger charge is 2.17. The zero-order chi connectivity index (χ0) is 24.5. The molecule has 4 rings (SSSR count). The van der Waals surface area contributed by atoms with Gasteiger partial charge in [0.2, 0.25) is 0 Å². The Morgan fingerprint density at radius 1 is 1.00 bits per heavy atom. The molecular formula is C26H28N4O3S. The quantitative estimate of drug-likeness (QED) is 0.414. The van der Waals surface area contributed by atoms with Crippen molar-refractivity contribution in [3.05, 3.63) is 77.9 Å². The number of aryl methyl sites for hydroxylation is 2. The SMILES string of the molecule is CCN(CC)C(=O)c1ccc(-c2nc3cc(NS(=O)(=O)c4cccc(C)c4)ccc3n2C)cc1. The van der Waals surface area contributed by atoms with Gasteiger partial charge in [0.05, 0.1) is 21.6 Å². The van der Waals surface area contributed by atoms with Crippen LogP contribution >= 0.6 is 0 Å². The summed E-state index contributed by atoms with van der Waals surface area (Å²) >= 11 is 0. The van der Waals surface area contributed by atoms with Crippen molar-refractivity contribution in [1.29, 1.82) is 0 Å². The molecule has 0 saturated heterocycles. The summed E-state index contributed by atoms with van der Waals surface area (Å²) in [4.78, 5) is 19.3. The van der Waals surface area contributed by atoms with Crippen LogP contribution in [0.1, 0.15) is 29.8 Å². The summed E-state index contributed by atoms with van der Waals surface area (Å²) in [6, 6.07) is 19.5. The largest absolute Gasteiger partial charge is 0.339 e. The molecule has 0 unspecified atom stereocenters. The molecule has 1 amide bonds. The fourth-order valence-electron chi connectivity index (χ4n) is 3.97. The van der Waals surface area contributed by atoms with Crippen LogP contribution in [0.15, 0.2) is 71.6 Å². The first-order valence-corrected chi connectivity index (χ1v) is 12.7. The van der Waals surface area contributed by atoms with Gasteiger partial charge >= 0.3 is 0 Å². The van der Waals surface area contributed by atoms with Crippen LogP contribution in [0.4, 0.5) is 5.69 Å². The third-order valence-corrected chi connectivity index (χ3v) is 7.25. The third kappa shape index (κ3) is 4.54. The summed E-state index contributed by atoms with van der Waals surface area (Å²) in [6.07, 6.45) is 0. The number of sulfonamides is 1. The Hall–Kier alpha value is -3.65. The molecule has 176 valence electrons. The van der Waals surface area contributed by atoms with Crippen LogP contribution in [0.3, 0.4) is 0 Å². The van der Waals surface area contributed by atoms with Gasteiger partial charge < -0.3 is 9.47 Å². The van der Waals surface area contributed by atoms with E-state index in [1.165, 1.54) is 0 Å². The Kier molecular flexibility index (Phi) is 6.43. The van der Waals surface area contributed by atoms with Gasteiger partial charge in [-0.15, -0.1) is 0 Å². The summed E-state index contributed by atoms with van der Waals surface area (Å²) in [6.45, 7) is 7.11. The maximum Gasteiger partial charge on any atom is 0.261 e. The van der Waals surface area contributed by atoms with E-state index >= 15 is 0 Å². The van der Waals surface area contributed by atoms with E-state index in [9.17, 15) is 13.2 Å². The molecule has 0 aliphatic rings. The molecular weight excluding hydrogens is 448 g/mol. The van der Waals surface area contributed by atoms with Gasteiger partial charge in [-0.3, -0.25) is 9.52 Å². The summed E-state index contributed by atoms with van der Waals surface area (Å²) in [7, 11) is -1.79. The lowest BCUT2D eigenvalue weighted by Crippen LogP contribution is -2.30. The van der Waals surface area contributed by atoms with Gasteiger partial charge in [0.15, 0.2) is 0 Å². The first-order valence-electron chi connectivity index (χ1n) is 11.2. The van der Waals surface area contributed by atoms with Crippen LogP contribution in [0.25, 0.3) is 22.4 Å². The summed E-state index contributed by atoms with van der Waals surface area (Å²) < 4.78 is 30.2. The first kappa shape index (κ1) is 23.5. The Balaban J connectivity index is 1.63. The van der Waals surface area contributed by atoms with Crippen LogP contribution in [0.5, 0.6) is 0 Å². The van der Waals surface area contributed by atoms with Crippen molar-refractivity contribution in [3.8, 4) is 11.4 Å². The minimum Gasteiger partial charge on any atom is -0.339 e. The molecule has 0 saturated carbocycles. The Morgan fingerprint density at radius 3 is 2.35 bits per heavy atom. The number of nitrogens with one attached hydrogen (secondary N) is 1. The smallest absolute Gasteiger partial charge is 0.261 e. The molecule has 4 aromatic rings. The van der Waals surface area contributed by atoms with Gasteiger partial charge in [-0.1, -0.05) is 24.3 Å². The number of rotatable bonds is 7. The molecule has 1 aromatic heterocycles. The van der Waals surface area contributed by atoms with E-state index in [2.05, 4.69) is 4.72 Å². The van der Waals surface area contributed by atoms with Gasteiger partial charge in [-0.05, 0) is 68.8 Å². The number of imidazole rings is 1. The van der Waals surface area contributed by atoms with E-state index in [1.54, 1.807) is 35.2 Å². The predicted molar refractivity (Wildman–Crippen MR) is 135 cm³/mol. The lowest BCUT2D eigenvalue weighted by molar-refractivity contribution is 0.0773. The monoisotopic (exact) mass is 476 g/mol. The number of anilines is 1. The number of carbonyl (C=O) groups excluding carboxylic acids is 1. The lowest BCUT2D eigenvalue weighted by atomic mass is 10.1. The molecule has 0 spiro atoms. The number of hydrogen-bond donors (Lipinski definition) is 1. The third-order valence-electron chi connectivity index (χ3n) is 5.87. The van der Waals surface area contributed by atoms with Crippen LogP contribution in [0.2, 0.25) is 0 Å². The Morgan fingerprint density at radius 2 is 1.71 bits per heavy atom. The fraction of sp³-hybridized carbons (Fsp3) is 0.231. The molecule has 0 aliphatic heterocycles. The minimum absolute atomic E-state index is 0.00656. The second kappa shape index (κ2) is 9.30.